The van der Waals surface area contributed by atoms with Crippen LogP contribution in [-0.2, 0) is 9.53 Å². The Morgan fingerprint density at radius 2 is 1.87 bits per heavy atom. The number of rotatable bonds is 2. The topological polar surface area (TPSA) is 29.5 Å². The minimum absolute atomic E-state index is 0.0655. The molecule has 0 bridgehead atoms. The summed E-state index contributed by atoms with van der Waals surface area (Å²) in [6.07, 6.45) is 2.83. The largest absolute Gasteiger partial charge is 0.469 e. The molecular weight excluding hydrogens is 190 g/mol. The number of ether oxygens (including phenoxy) is 1. The van der Waals surface area contributed by atoms with Crippen LogP contribution in [0.5, 0.6) is 0 Å². The van der Waals surface area contributed by atoms with Gasteiger partial charge in [0.25, 0.3) is 0 Å². The van der Waals surface area contributed by atoms with Crippen molar-refractivity contribution in [2.24, 2.45) is 5.92 Å². The van der Waals surface area contributed by atoms with E-state index in [4.69, 9.17) is 4.74 Å². The highest BCUT2D eigenvalue weighted by atomic mass is 16.5. The van der Waals surface area contributed by atoms with Gasteiger partial charge < -0.3 is 4.74 Å². The number of esters is 1. The van der Waals surface area contributed by atoms with Crippen LogP contribution in [0.1, 0.15) is 40.0 Å². The van der Waals surface area contributed by atoms with Crippen LogP contribution >= 0.6 is 0 Å². The summed E-state index contributed by atoms with van der Waals surface area (Å²) in [5.74, 6) is 0.459. The lowest BCUT2D eigenvalue weighted by Crippen LogP contribution is -2.46. The van der Waals surface area contributed by atoms with Crippen LogP contribution in [-0.4, -0.2) is 36.6 Å². The summed E-state index contributed by atoms with van der Waals surface area (Å²) in [7, 11) is 1.46. The van der Waals surface area contributed by atoms with Crippen molar-refractivity contribution in [3.8, 4) is 0 Å². The van der Waals surface area contributed by atoms with E-state index < -0.39 is 0 Å². The molecule has 0 aliphatic carbocycles. The molecule has 0 N–H and O–H groups in total. The van der Waals surface area contributed by atoms with E-state index in [1.807, 2.05) is 0 Å². The molecule has 0 unspecified atom stereocenters. The van der Waals surface area contributed by atoms with E-state index in [9.17, 15) is 4.79 Å². The second kappa shape index (κ2) is 4.97. The monoisotopic (exact) mass is 213 g/mol. The van der Waals surface area contributed by atoms with E-state index in [0.717, 1.165) is 25.9 Å². The molecule has 1 fully saturated rings. The maximum atomic E-state index is 11.1. The first-order chi connectivity index (χ1) is 6.93. The predicted molar refractivity (Wildman–Crippen MR) is 60.7 cm³/mol. The summed E-state index contributed by atoms with van der Waals surface area (Å²) in [5, 5.41) is 0. The van der Waals surface area contributed by atoms with Crippen molar-refractivity contribution in [1.82, 2.24) is 4.90 Å². The third-order valence-electron chi connectivity index (χ3n) is 3.25. The van der Waals surface area contributed by atoms with Crippen molar-refractivity contribution in [2.45, 2.75) is 45.6 Å². The van der Waals surface area contributed by atoms with Gasteiger partial charge in [0.15, 0.2) is 0 Å². The summed E-state index contributed by atoms with van der Waals surface area (Å²) in [4.78, 5) is 13.6. The fourth-order valence-corrected chi connectivity index (χ4v) is 2.13. The lowest BCUT2D eigenvalue weighted by molar-refractivity contribution is -0.142. The van der Waals surface area contributed by atoms with Crippen LogP contribution in [0.3, 0.4) is 0 Å². The summed E-state index contributed by atoms with van der Waals surface area (Å²) in [6.45, 7) is 8.94. The average Bonchev–Trinajstić information content (AvgIpc) is 2.17. The van der Waals surface area contributed by atoms with Gasteiger partial charge in [-0.15, -0.1) is 0 Å². The smallest absolute Gasteiger partial charge is 0.305 e. The number of hydrogen-bond donors (Lipinski definition) is 0. The maximum Gasteiger partial charge on any atom is 0.305 e. The molecule has 1 rings (SSSR count). The summed E-state index contributed by atoms with van der Waals surface area (Å²) < 4.78 is 4.69. The maximum absolute atomic E-state index is 11.1. The highest BCUT2D eigenvalue weighted by molar-refractivity contribution is 5.69. The first-order valence-electron chi connectivity index (χ1n) is 5.75. The molecule has 0 aromatic heterocycles. The van der Waals surface area contributed by atoms with Crippen molar-refractivity contribution >= 4 is 5.97 Å². The summed E-state index contributed by atoms with van der Waals surface area (Å²) in [5.41, 5.74) is 0.260. The van der Waals surface area contributed by atoms with Crippen molar-refractivity contribution < 1.29 is 9.53 Å². The number of carbonyl (C=O) groups is 1. The number of piperidine rings is 1. The fourth-order valence-electron chi connectivity index (χ4n) is 2.13. The Labute approximate surface area is 92.8 Å². The van der Waals surface area contributed by atoms with Crippen LogP contribution < -0.4 is 0 Å². The number of methoxy groups -OCH3 is 1. The Morgan fingerprint density at radius 3 is 2.27 bits per heavy atom. The van der Waals surface area contributed by atoms with E-state index in [-0.39, 0.29) is 11.5 Å². The van der Waals surface area contributed by atoms with Crippen LogP contribution in [0.4, 0.5) is 0 Å². The Morgan fingerprint density at radius 1 is 1.33 bits per heavy atom. The normalized spacial score (nSPS) is 20.3. The molecule has 0 radical (unpaired) electrons. The van der Waals surface area contributed by atoms with Gasteiger partial charge in [0.05, 0.1) is 7.11 Å². The molecule has 88 valence electrons. The third kappa shape index (κ3) is 3.82. The number of hydrogen-bond acceptors (Lipinski definition) is 3. The third-order valence-corrected chi connectivity index (χ3v) is 3.25. The van der Waals surface area contributed by atoms with Crippen LogP contribution in [0.25, 0.3) is 0 Å². The Bertz CT molecular complexity index is 212. The average molecular weight is 213 g/mol. The molecule has 3 nitrogen and oxygen atoms in total. The molecule has 0 saturated carbocycles. The van der Waals surface area contributed by atoms with Gasteiger partial charge in [0.2, 0.25) is 0 Å². The molecule has 1 heterocycles. The molecule has 0 aromatic carbocycles. The van der Waals surface area contributed by atoms with Crippen molar-refractivity contribution in [2.75, 3.05) is 20.2 Å². The zero-order chi connectivity index (χ0) is 11.5. The fraction of sp³-hybridized carbons (Fsp3) is 0.917. The first kappa shape index (κ1) is 12.5. The Balaban J connectivity index is 2.33. The van der Waals surface area contributed by atoms with Gasteiger partial charge in [-0.05, 0) is 52.6 Å². The van der Waals surface area contributed by atoms with Gasteiger partial charge in [-0.25, -0.2) is 0 Å². The molecule has 1 saturated heterocycles. The van der Waals surface area contributed by atoms with Gasteiger partial charge in [-0.3, -0.25) is 9.69 Å². The van der Waals surface area contributed by atoms with Gasteiger partial charge in [-0.1, -0.05) is 0 Å². The van der Waals surface area contributed by atoms with Crippen molar-refractivity contribution in [3.63, 3.8) is 0 Å². The second-order valence-electron chi connectivity index (χ2n) is 5.38. The van der Waals surface area contributed by atoms with Crippen LogP contribution in [0.15, 0.2) is 0 Å². The minimum atomic E-state index is -0.0655. The van der Waals surface area contributed by atoms with Gasteiger partial charge in [0, 0.05) is 12.0 Å². The molecule has 0 aromatic rings. The number of likely N-dealkylation sites (tertiary alicyclic amines) is 1. The first-order valence-corrected chi connectivity index (χ1v) is 5.75. The minimum Gasteiger partial charge on any atom is -0.469 e. The lowest BCUT2D eigenvalue weighted by atomic mass is 9.91. The Kier molecular flexibility index (Phi) is 4.14. The van der Waals surface area contributed by atoms with E-state index >= 15 is 0 Å². The molecule has 0 atom stereocenters. The van der Waals surface area contributed by atoms with E-state index in [0.29, 0.717) is 12.3 Å². The number of carbonyl (C=O) groups excluding carboxylic acids is 1. The molecule has 15 heavy (non-hydrogen) atoms. The molecule has 1 aliphatic heterocycles. The van der Waals surface area contributed by atoms with Crippen LogP contribution in [0, 0.1) is 5.92 Å². The van der Waals surface area contributed by atoms with Crippen LogP contribution in [0.2, 0.25) is 0 Å². The molecule has 1 aliphatic rings. The summed E-state index contributed by atoms with van der Waals surface area (Å²) >= 11 is 0. The van der Waals surface area contributed by atoms with Gasteiger partial charge in [0.1, 0.15) is 0 Å². The number of nitrogens with zero attached hydrogens (tertiary/aromatic N) is 1. The Hall–Kier alpha value is -0.570. The van der Waals surface area contributed by atoms with E-state index in [2.05, 4.69) is 25.7 Å². The second-order valence-corrected chi connectivity index (χ2v) is 5.38. The molecular formula is C12H23NO2. The van der Waals surface area contributed by atoms with E-state index in [1.165, 1.54) is 7.11 Å². The quantitative estimate of drug-likeness (QED) is 0.658. The van der Waals surface area contributed by atoms with E-state index in [1.54, 1.807) is 0 Å². The highest BCUT2D eigenvalue weighted by Crippen LogP contribution is 2.25. The van der Waals surface area contributed by atoms with Crippen molar-refractivity contribution in [3.05, 3.63) is 0 Å². The molecule has 3 heteroatoms. The molecule has 0 spiro atoms. The van der Waals surface area contributed by atoms with Crippen molar-refractivity contribution in [1.29, 1.82) is 0 Å². The van der Waals surface area contributed by atoms with Gasteiger partial charge >= 0.3 is 5.97 Å². The SMILES string of the molecule is COC(=O)CC1CCN(C(C)(C)C)CC1. The highest BCUT2D eigenvalue weighted by Gasteiger charge is 2.27. The zero-order valence-electron chi connectivity index (χ0n) is 10.4. The predicted octanol–water partition coefficient (Wildman–Crippen LogP) is 2.06. The standard InChI is InChI=1S/C12H23NO2/c1-12(2,3)13-7-5-10(6-8-13)9-11(14)15-4/h10H,5-9H2,1-4H3. The molecule has 0 amide bonds. The van der Waals surface area contributed by atoms with Gasteiger partial charge in [-0.2, -0.15) is 0 Å². The lowest BCUT2D eigenvalue weighted by Gasteiger charge is -2.40. The zero-order valence-corrected chi connectivity index (χ0v) is 10.4. The summed E-state index contributed by atoms with van der Waals surface area (Å²) in [6, 6.07) is 0.